The van der Waals surface area contributed by atoms with E-state index in [0.29, 0.717) is 13.1 Å². The predicted octanol–water partition coefficient (Wildman–Crippen LogP) is 1.67. The fourth-order valence-corrected chi connectivity index (χ4v) is 2.38. The molecule has 0 aliphatic heterocycles. The number of amides is 2. The highest BCUT2D eigenvalue weighted by atomic mass is 19.4. The van der Waals surface area contributed by atoms with Crippen molar-refractivity contribution < 1.29 is 78.8 Å². The van der Waals surface area contributed by atoms with E-state index >= 15 is 0 Å². The third-order valence-corrected chi connectivity index (χ3v) is 4.66. The van der Waals surface area contributed by atoms with Gasteiger partial charge in [0.25, 0.3) is 0 Å². The molecule has 0 fully saturated rings. The number of nitrogens with one attached hydrogen (secondary N) is 4. The van der Waals surface area contributed by atoms with E-state index in [1.807, 2.05) is 6.92 Å². The maximum absolute atomic E-state index is 11.7. The highest BCUT2D eigenvalue weighted by molar-refractivity contribution is 5.96. The third-order valence-electron chi connectivity index (χ3n) is 4.66. The standard InChI is InChI=1S/C18H39N7O2.3C2HF3O2/c1-16(19)8-13-21-9-6-7-12-24-18(27)14-17(26)23-11-5-3-2-4-10-22-15-25-20;3*3-2(4,5)1(6)7/h15-16,21H,2-14,19-20H2,1H3,(H,22,25)(H,23,26)(H,24,27);3*(H,6,7). The van der Waals surface area contributed by atoms with Crippen LogP contribution in [0.5, 0.6) is 0 Å². The third kappa shape index (κ3) is 44.0. The SMILES string of the molecule is CC(N)CCNCCCCNC(=O)CC(=O)NCCCCCCNC=NN.O=C(O)C(F)(F)F.O=C(O)C(F)(F)F.O=C(O)C(F)(F)F. The maximum Gasteiger partial charge on any atom is 0.490 e. The highest BCUT2D eigenvalue weighted by Crippen LogP contribution is 2.14. The van der Waals surface area contributed by atoms with Gasteiger partial charge in [-0.15, -0.1) is 0 Å². The van der Waals surface area contributed by atoms with Gasteiger partial charge in [-0.05, 0) is 52.1 Å². The van der Waals surface area contributed by atoms with Gasteiger partial charge in [0, 0.05) is 25.7 Å². The molecule has 11 N–H and O–H groups in total. The topological polar surface area (TPSA) is 259 Å². The first-order valence-electron chi connectivity index (χ1n) is 13.7. The lowest BCUT2D eigenvalue weighted by molar-refractivity contribution is -0.193. The summed E-state index contributed by atoms with van der Waals surface area (Å²) in [5, 5.41) is 36.6. The number of aliphatic carboxylic acids is 3. The van der Waals surface area contributed by atoms with Crippen LogP contribution in [0.15, 0.2) is 5.10 Å². The normalized spacial score (nSPS) is 11.7. The maximum atomic E-state index is 11.7. The van der Waals surface area contributed by atoms with Gasteiger partial charge in [0.05, 0.1) is 0 Å². The summed E-state index contributed by atoms with van der Waals surface area (Å²) in [6.45, 7) is 5.88. The lowest BCUT2D eigenvalue weighted by Gasteiger charge is -2.08. The van der Waals surface area contributed by atoms with Gasteiger partial charge in [0.1, 0.15) is 12.8 Å². The van der Waals surface area contributed by atoms with E-state index in [2.05, 4.69) is 26.4 Å². The lowest BCUT2D eigenvalue weighted by Crippen LogP contribution is -2.33. The Hall–Kier alpha value is -4.09. The molecule has 0 saturated heterocycles. The van der Waals surface area contributed by atoms with E-state index < -0.39 is 36.4 Å². The Balaban J connectivity index is -0.000000369. The Kier molecular flexibility index (Phi) is 30.8. The second kappa shape index (κ2) is 29.1. The van der Waals surface area contributed by atoms with Gasteiger partial charge in [-0.3, -0.25) is 9.59 Å². The summed E-state index contributed by atoms with van der Waals surface area (Å²) in [5.41, 5.74) is 5.67. The summed E-state index contributed by atoms with van der Waals surface area (Å²) in [6.07, 6.45) is -6.98. The van der Waals surface area contributed by atoms with Crippen LogP contribution in [-0.2, 0) is 24.0 Å². The summed E-state index contributed by atoms with van der Waals surface area (Å²) in [5.74, 6) is -3.74. The zero-order valence-electron chi connectivity index (χ0n) is 25.7. The number of hydrazone groups is 1. The number of hydrogen-bond acceptors (Lipinski definition) is 9. The molecule has 0 rings (SSSR count). The van der Waals surface area contributed by atoms with Crippen molar-refractivity contribution >= 4 is 36.1 Å². The summed E-state index contributed by atoms with van der Waals surface area (Å²) in [7, 11) is 0. The minimum atomic E-state index is -5.08. The van der Waals surface area contributed by atoms with Crippen LogP contribution in [0.25, 0.3) is 0 Å². The Labute approximate surface area is 269 Å². The highest BCUT2D eigenvalue weighted by Gasteiger charge is 2.39. The Bertz CT molecular complexity index is 878. The average molecular weight is 728 g/mol. The molecule has 0 bridgehead atoms. The molecule has 0 aromatic rings. The predicted molar refractivity (Wildman–Crippen MR) is 151 cm³/mol. The molecular weight excluding hydrogens is 685 g/mol. The van der Waals surface area contributed by atoms with Crippen LogP contribution in [0.1, 0.15) is 58.3 Å². The molecule has 2 amide bonds. The van der Waals surface area contributed by atoms with E-state index in [0.717, 1.165) is 64.6 Å². The van der Waals surface area contributed by atoms with Crippen molar-refractivity contribution in [3.63, 3.8) is 0 Å². The molecule has 0 aliphatic rings. The number of carbonyl (C=O) groups is 5. The van der Waals surface area contributed by atoms with E-state index in [9.17, 15) is 49.1 Å². The van der Waals surface area contributed by atoms with Crippen molar-refractivity contribution in [3.8, 4) is 0 Å². The van der Waals surface area contributed by atoms with E-state index in [-0.39, 0.29) is 24.3 Å². The number of carboxylic acids is 3. The van der Waals surface area contributed by atoms with Crippen LogP contribution >= 0.6 is 0 Å². The minimum absolute atomic E-state index is 0.102. The Morgan fingerprint density at radius 2 is 0.979 bits per heavy atom. The number of halogens is 9. The molecule has 0 aromatic carbocycles. The van der Waals surface area contributed by atoms with Gasteiger partial charge in [-0.2, -0.15) is 44.6 Å². The zero-order chi connectivity index (χ0) is 38.4. The van der Waals surface area contributed by atoms with Gasteiger partial charge >= 0.3 is 36.4 Å². The van der Waals surface area contributed by atoms with Gasteiger partial charge in [0.15, 0.2) is 0 Å². The molecule has 48 heavy (non-hydrogen) atoms. The number of nitrogens with zero attached hydrogens (tertiary/aromatic N) is 1. The molecule has 0 spiro atoms. The number of rotatable bonds is 18. The monoisotopic (exact) mass is 727 g/mol. The quantitative estimate of drug-likeness (QED) is 0.0186. The van der Waals surface area contributed by atoms with Crippen LogP contribution in [-0.4, -0.2) is 109 Å². The van der Waals surface area contributed by atoms with Crippen molar-refractivity contribution in [1.82, 2.24) is 21.3 Å². The first kappa shape index (κ1) is 50.8. The fourth-order valence-electron chi connectivity index (χ4n) is 2.38. The van der Waals surface area contributed by atoms with Crippen molar-refractivity contribution in [2.45, 2.75) is 82.9 Å². The van der Waals surface area contributed by atoms with Gasteiger partial charge in [-0.25, -0.2) is 14.4 Å². The number of hydrogen-bond donors (Lipinski definition) is 9. The van der Waals surface area contributed by atoms with E-state index in [1.54, 1.807) is 0 Å². The number of carbonyl (C=O) groups excluding carboxylic acids is 2. The molecule has 284 valence electrons. The van der Waals surface area contributed by atoms with Crippen molar-refractivity contribution in [1.29, 1.82) is 0 Å². The van der Waals surface area contributed by atoms with Crippen molar-refractivity contribution in [2.75, 3.05) is 32.7 Å². The molecule has 24 heteroatoms. The molecule has 0 radical (unpaired) electrons. The number of unbranched alkanes of at least 4 members (excludes halogenated alkanes) is 4. The average Bonchev–Trinajstić information content (AvgIpc) is 2.93. The molecular formula is C24H42F9N7O8. The van der Waals surface area contributed by atoms with Crippen LogP contribution in [0.2, 0.25) is 0 Å². The second-order valence-electron chi connectivity index (χ2n) is 9.15. The van der Waals surface area contributed by atoms with Crippen LogP contribution in [0.3, 0.4) is 0 Å². The Morgan fingerprint density at radius 1 is 0.646 bits per heavy atom. The van der Waals surface area contributed by atoms with E-state index in [1.165, 1.54) is 6.34 Å². The summed E-state index contributed by atoms with van der Waals surface area (Å²) in [4.78, 5) is 50.1. The number of carboxylic acid groups (broad SMARTS) is 3. The van der Waals surface area contributed by atoms with Crippen molar-refractivity contribution in [2.24, 2.45) is 16.7 Å². The molecule has 0 saturated carbocycles. The van der Waals surface area contributed by atoms with Gasteiger partial charge in [0.2, 0.25) is 11.8 Å². The smallest absolute Gasteiger partial charge is 0.475 e. The zero-order valence-corrected chi connectivity index (χ0v) is 25.7. The largest absolute Gasteiger partial charge is 0.490 e. The minimum Gasteiger partial charge on any atom is -0.475 e. The molecule has 1 unspecified atom stereocenters. The van der Waals surface area contributed by atoms with E-state index in [4.69, 9.17) is 41.3 Å². The van der Waals surface area contributed by atoms with Crippen molar-refractivity contribution in [3.05, 3.63) is 0 Å². The molecule has 15 nitrogen and oxygen atoms in total. The second-order valence-corrected chi connectivity index (χ2v) is 9.15. The van der Waals surface area contributed by atoms with Crippen LogP contribution < -0.4 is 32.8 Å². The fraction of sp³-hybridized carbons (Fsp3) is 0.750. The molecule has 0 aromatic heterocycles. The first-order valence-corrected chi connectivity index (χ1v) is 13.7. The summed E-state index contributed by atoms with van der Waals surface area (Å²) in [6, 6.07) is 0.224. The van der Waals surface area contributed by atoms with Crippen LogP contribution in [0.4, 0.5) is 39.5 Å². The van der Waals surface area contributed by atoms with Gasteiger partial charge in [-0.1, -0.05) is 12.8 Å². The lowest BCUT2D eigenvalue weighted by atomic mass is 10.2. The number of alkyl halides is 9. The van der Waals surface area contributed by atoms with Gasteiger partial charge < -0.3 is 48.2 Å². The number of nitrogens with two attached hydrogens (primary N) is 2. The molecule has 0 heterocycles. The first-order chi connectivity index (χ1) is 21.9. The molecule has 1 atom stereocenters. The van der Waals surface area contributed by atoms with Crippen LogP contribution in [0, 0.1) is 0 Å². The summed E-state index contributed by atoms with van der Waals surface area (Å²) >= 11 is 0. The Morgan fingerprint density at radius 3 is 1.31 bits per heavy atom. The summed E-state index contributed by atoms with van der Waals surface area (Å²) < 4.78 is 95.2. The molecule has 0 aliphatic carbocycles.